The molecule has 2 radical (unpaired) electrons. The Morgan fingerprint density at radius 2 is 2.57 bits per heavy atom. The van der Waals surface area contributed by atoms with Gasteiger partial charge in [-0.05, 0) is 12.1 Å². The van der Waals surface area contributed by atoms with E-state index < -0.39 is 0 Å². The van der Waals surface area contributed by atoms with Gasteiger partial charge in [0.1, 0.15) is 0 Å². The first-order chi connectivity index (χ1) is 3.41. The molecule has 36 valence electrons. The maximum Gasteiger partial charge on any atom is 0.0576 e. The van der Waals surface area contributed by atoms with Gasteiger partial charge in [-0.25, -0.2) is 0 Å². The number of hydrogen-bond acceptors (Lipinski definition) is 0. The molecule has 0 fully saturated rings. The van der Waals surface area contributed by atoms with Gasteiger partial charge in [-0.2, -0.15) is 0 Å². The smallest absolute Gasteiger partial charge is 0.0576 e. The fraction of sp³-hybridized carbons (Fsp3) is 0.333. The molecule has 0 nitrogen and oxygen atoms in total. The summed E-state index contributed by atoms with van der Waals surface area (Å²) >= 11 is 0. The van der Waals surface area contributed by atoms with Gasteiger partial charge in [0.2, 0.25) is 0 Å². The standard InChI is InChI=1S/C6H8Si/c1-3-5-7-6-4-2/h1,4H,2,5-6H2. The van der Waals surface area contributed by atoms with E-state index in [2.05, 4.69) is 12.5 Å². The van der Waals surface area contributed by atoms with Crippen LogP contribution < -0.4 is 0 Å². The molecule has 1 heteroatoms. The molecule has 0 heterocycles. The third-order valence-electron chi connectivity index (χ3n) is 0.516. The lowest BCUT2D eigenvalue weighted by molar-refractivity contribution is 1.65. The summed E-state index contributed by atoms with van der Waals surface area (Å²) < 4.78 is 0. The van der Waals surface area contributed by atoms with Crippen LogP contribution in [0.1, 0.15) is 0 Å². The minimum Gasteiger partial charge on any atom is -0.120 e. The Kier molecular flexibility index (Phi) is 5.14. The van der Waals surface area contributed by atoms with Crippen molar-refractivity contribution in [3.63, 3.8) is 0 Å². The van der Waals surface area contributed by atoms with Gasteiger partial charge in [0.05, 0.1) is 9.52 Å². The minimum atomic E-state index is 0.878. The van der Waals surface area contributed by atoms with Crippen LogP contribution in [0.25, 0.3) is 0 Å². The average Bonchev–Trinajstić information content (AvgIpc) is 1.69. The van der Waals surface area contributed by atoms with Crippen molar-refractivity contribution in [3.05, 3.63) is 12.7 Å². The molecule has 0 saturated heterocycles. The van der Waals surface area contributed by atoms with Gasteiger partial charge in [-0.15, -0.1) is 18.9 Å². The molecule has 0 aromatic heterocycles. The second-order valence-corrected chi connectivity index (χ2v) is 2.39. The Morgan fingerprint density at radius 3 is 3.00 bits per heavy atom. The first-order valence-corrected chi connectivity index (χ1v) is 3.58. The van der Waals surface area contributed by atoms with Crippen molar-refractivity contribution >= 4 is 9.52 Å². The lowest BCUT2D eigenvalue weighted by Gasteiger charge is -1.79. The highest BCUT2D eigenvalue weighted by Gasteiger charge is 1.76. The SMILES string of the molecule is C#CC[Si]CC=C. The van der Waals surface area contributed by atoms with E-state index in [9.17, 15) is 0 Å². The molecule has 0 saturated carbocycles. The molecule has 0 aromatic rings. The van der Waals surface area contributed by atoms with Crippen LogP contribution in [0.3, 0.4) is 0 Å². The highest BCUT2D eigenvalue weighted by molar-refractivity contribution is 6.37. The van der Waals surface area contributed by atoms with Crippen molar-refractivity contribution in [1.82, 2.24) is 0 Å². The lowest BCUT2D eigenvalue weighted by Crippen LogP contribution is -1.80. The van der Waals surface area contributed by atoms with E-state index in [-0.39, 0.29) is 0 Å². The summed E-state index contributed by atoms with van der Waals surface area (Å²) in [6.07, 6.45) is 6.89. The van der Waals surface area contributed by atoms with Crippen molar-refractivity contribution in [2.24, 2.45) is 0 Å². The second kappa shape index (κ2) is 5.52. The minimum absolute atomic E-state index is 0.878. The first-order valence-electron chi connectivity index (χ1n) is 2.17. The third kappa shape index (κ3) is 5.52. The molecule has 0 aliphatic carbocycles. The lowest BCUT2D eigenvalue weighted by atomic mass is 10.8. The molecular formula is C6H8Si. The van der Waals surface area contributed by atoms with Crippen LogP contribution in [0.4, 0.5) is 0 Å². The molecule has 0 amide bonds. The molecule has 0 rings (SSSR count). The second-order valence-electron chi connectivity index (χ2n) is 1.12. The van der Waals surface area contributed by atoms with Crippen LogP contribution in [0.15, 0.2) is 12.7 Å². The van der Waals surface area contributed by atoms with Gasteiger partial charge in [0.15, 0.2) is 0 Å². The zero-order chi connectivity index (χ0) is 5.54. The number of terminal acetylenes is 1. The van der Waals surface area contributed by atoms with E-state index in [0.717, 1.165) is 21.6 Å². The Bertz CT molecular complexity index is 78.7. The zero-order valence-corrected chi connectivity index (χ0v) is 5.28. The molecule has 7 heavy (non-hydrogen) atoms. The van der Waals surface area contributed by atoms with Gasteiger partial charge in [-0.1, -0.05) is 6.08 Å². The van der Waals surface area contributed by atoms with Crippen molar-refractivity contribution in [3.8, 4) is 12.3 Å². The van der Waals surface area contributed by atoms with E-state index in [1.165, 1.54) is 0 Å². The first kappa shape index (κ1) is 6.52. The van der Waals surface area contributed by atoms with Crippen molar-refractivity contribution in [1.29, 1.82) is 0 Å². The van der Waals surface area contributed by atoms with Gasteiger partial charge >= 0.3 is 0 Å². The maximum absolute atomic E-state index is 4.99. The Labute approximate surface area is 47.4 Å². The molecule has 0 aliphatic rings. The summed E-state index contributed by atoms with van der Waals surface area (Å²) in [4.78, 5) is 0. The van der Waals surface area contributed by atoms with Crippen LogP contribution in [-0.4, -0.2) is 9.52 Å². The average molecular weight is 108 g/mol. The summed E-state index contributed by atoms with van der Waals surface area (Å²) in [6, 6.07) is 1.98. The number of allylic oxidation sites excluding steroid dienone is 1. The van der Waals surface area contributed by atoms with E-state index in [1.54, 1.807) is 0 Å². The Balaban J connectivity index is 2.72. The number of rotatable bonds is 3. The Hall–Kier alpha value is -0.483. The normalized spacial score (nSPS) is 7.29. The molecule has 0 atom stereocenters. The topological polar surface area (TPSA) is 0 Å². The third-order valence-corrected chi connectivity index (χ3v) is 1.55. The molecule has 0 spiro atoms. The van der Waals surface area contributed by atoms with Crippen LogP contribution >= 0.6 is 0 Å². The summed E-state index contributed by atoms with van der Waals surface area (Å²) in [7, 11) is 0.878. The highest BCUT2D eigenvalue weighted by Crippen LogP contribution is 1.81. The predicted octanol–water partition coefficient (Wildman–Crippen LogP) is 1.35. The summed E-state index contributed by atoms with van der Waals surface area (Å²) in [5, 5.41) is 0. The highest BCUT2D eigenvalue weighted by atomic mass is 28.2. The van der Waals surface area contributed by atoms with Gasteiger partial charge in [0.25, 0.3) is 0 Å². The molecular weight excluding hydrogens is 100 g/mol. The summed E-state index contributed by atoms with van der Waals surface area (Å²) in [5.41, 5.74) is 0. The predicted molar refractivity (Wildman–Crippen MR) is 34.4 cm³/mol. The largest absolute Gasteiger partial charge is 0.120 e. The van der Waals surface area contributed by atoms with Crippen LogP contribution in [0.2, 0.25) is 12.1 Å². The molecule has 0 unspecified atom stereocenters. The van der Waals surface area contributed by atoms with Crippen molar-refractivity contribution < 1.29 is 0 Å². The van der Waals surface area contributed by atoms with E-state index >= 15 is 0 Å². The Morgan fingerprint density at radius 1 is 1.86 bits per heavy atom. The van der Waals surface area contributed by atoms with Crippen molar-refractivity contribution in [2.45, 2.75) is 12.1 Å². The van der Waals surface area contributed by atoms with Crippen LogP contribution in [0.5, 0.6) is 0 Å². The van der Waals surface area contributed by atoms with Gasteiger partial charge < -0.3 is 0 Å². The van der Waals surface area contributed by atoms with Gasteiger partial charge in [-0.3, -0.25) is 0 Å². The maximum atomic E-state index is 4.99. The van der Waals surface area contributed by atoms with Crippen LogP contribution in [0, 0.1) is 12.3 Å². The quantitative estimate of drug-likeness (QED) is 0.221. The fourth-order valence-corrected chi connectivity index (χ4v) is 0.739. The van der Waals surface area contributed by atoms with E-state index in [0.29, 0.717) is 0 Å². The fourth-order valence-electron chi connectivity index (χ4n) is 0.246. The summed E-state index contributed by atoms with van der Waals surface area (Å²) in [6.45, 7) is 3.57. The molecule has 0 aliphatic heterocycles. The van der Waals surface area contributed by atoms with E-state index in [1.807, 2.05) is 6.08 Å². The molecule has 0 N–H and O–H groups in total. The van der Waals surface area contributed by atoms with Crippen molar-refractivity contribution in [2.75, 3.05) is 0 Å². The summed E-state index contributed by atoms with van der Waals surface area (Å²) in [5.74, 6) is 2.57. The van der Waals surface area contributed by atoms with E-state index in [4.69, 9.17) is 6.42 Å². The number of hydrogen-bond donors (Lipinski definition) is 0. The molecule has 0 aromatic carbocycles. The molecule has 0 bridgehead atoms. The van der Waals surface area contributed by atoms with Crippen LogP contribution in [-0.2, 0) is 0 Å². The monoisotopic (exact) mass is 108 g/mol. The zero-order valence-electron chi connectivity index (χ0n) is 4.28. The van der Waals surface area contributed by atoms with Gasteiger partial charge in [0, 0.05) is 0 Å².